The number of fused-ring (bicyclic) bond motifs is 1. The van der Waals surface area contributed by atoms with Crippen molar-refractivity contribution in [2.24, 2.45) is 0 Å². The Morgan fingerprint density at radius 2 is 1.97 bits per heavy atom. The molecule has 1 aromatic carbocycles. The van der Waals surface area contributed by atoms with E-state index in [2.05, 4.69) is 20.5 Å². The lowest BCUT2D eigenvalue weighted by Crippen LogP contribution is -2.08. The molecule has 1 fully saturated rings. The van der Waals surface area contributed by atoms with Gasteiger partial charge in [0.25, 0.3) is 0 Å². The van der Waals surface area contributed by atoms with E-state index in [-0.39, 0.29) is 18.0 Å². The highest BCUT2D eigenvalue weighted by Crippen LogP contribution is 2.45. The van der Waals surface area contributed by atoms with Crippen LogP contribution in [0.15, 0.2) is 18.2 Å². The SMILES string of the molecule is Cc1cc(-c2nnc(NCCCCO)s2)nc2c(C(F)(F)F)cc(C3CC3)cc12. The van der Waals surface area contributed by atoms with Gasteiger partial charge in [0.2, 0.25) is 5.13 Å². The molecule has 154 valence electrons. The Bertz CT molecular complexity index is 1030. The second kappa shape index (κ2) is 7.87. The van der Waals surface area contributed by atoms with Crippen LogP contribution in [-0.4, -0.2) is 33.4 Å². The van der Waals surface area contributed by atoms with Gasteiger partial charge in [-0.05, 0) is 67.9 Å². The zero-order valence-electron chi connectivity index (χ0n) is 15.9. The highest BCUT2D eigenvalue weighted by atomic mass is 32.1. The van der Waals surface area contributed by atoms with E-state index in [9.17, 15) is 13.2 Å². The van der Waals surface area contributed by atoms with E-state index in [1.54, 1.807) is 13.0 Å². The summed E-state index contributed by atoms with van der Waals surface area (Å²) in [7, 11) is 0. The summed E-state index contributed by atoms with van der Waals surface area (Å²) in [6.45, 7) is 2.58. The number of aliphatic hydroxyl groups excluding tert-OH is 1. The van der Waals surface area contributed by atoms with Crippen LogP contribution in [0.3, 0.4) is 0 Å². The number of benzene rings is 1. The number of nitrogens with zero attached hydrogens (tertiary/aromatic N) is 3. The number of nitrogens with one attached hydrogen (secondary N) is 1. The van der Waals surface area contributed by atoms with E-state index in [0.29, 0.717) is 34.2 Å². The minimum atomic E-state index is -4.47. The number of rotatable bonds is 7. The van der Waals surface area contributed by atoms with Crippen LogP contribution < -0.4 is 5.32 Å². The van der Waals surface area contributed by atoms with Crippen molar-refractivity contribution < 1.29 is 18.3 Å². The van der Waals surface area contributed by atoms with E-state index >= 15 is 0 Å². The average Bonchev–Trinajstić information content (AvgIpc) is 3.42. The van der Waals surface area contributed by atoms with Crippen molar-refractivity contribution in [1.82, 2.24) is 15.2 Å². The highest BCUT2D eigenvalue weighted by molar-refractivity contribution is 7.18. The predicted molar refractivity (Wildman–Crippen MR) is 107 cm³/mol. The third kappa shape index (κ3) is 4.35. The molecule has 0 saturated heterocycles. The standard InChI is InChI=1S/C20H21F3N4OS/c1-11-8-16(18-26-27-19(29-18)24-6-2-3-7-28)25-17-14(11)9-13(12-4-5-12)10-15(17)20(21,22)23/h8-10,12,28H,2-7H2,1H3,(H,24,27). The summed E-state index contributed by atoms with van der Waals surface area (Å²) in [5, 5.41) is 21.7. The molecule has 3 aromatic rings. The summed E-state index contributed by atoms with van der Waals surface area (Å²) in [4.78, 5) is 4.34. The fraction of sp³-hybridized carbons (Fsp3) is 0.450. The maximum atomic E-state index is 13.8. The quantitative estimate of drug-likeness (QED) is 0.516. The number of hydrogen-bond donors (Lipinski definition) is 2. The zero-order valence-corrected chi connectivity index (χ0v) is 16.7. The molecule has 0 aliphatic heterocycles. The predicted octanol–water partition coefficient (Wildman–Crippen LogP) is 5.14. The van der Waals surface area contributed by atoms with Gasteiger partial charge < -0.3 is 10.4 Å². The molecule has 1 saturated carbocycles. The summed E-state index contributed by atoms with van der Waals surface area (Å²) in [6, 6.07) is 4.88. The van der Waals surface area contributed by atoms with Crippen molar-refractivity contribution in [2.45, 2.75) is 44.7 Å². The number of aromatic nitrogens is 3. The van der Waals surface area contributed by atoms with Crippen molar-refractivity contribution in [1.29, 1.82) is 0 Å². The van der Waals surface area contributed by atoms with E-state index in [1.165, 1.54) is 17.4 Å². The molecule has 0 atom stereocenters. The number of halogens is 3. The first-order valence-corrected chi connectivity index (χ1v) is 10.4. The molecule has 2 N–H and O–H groups in total. The maximum Gasteiger partial charge on any atom is 0.418 e. The summed E-state index contributed by atoms with van der Waals surface area (Å²) < 4.78 is 41.3. The molecule has 5 nitrogen and oxygen atoms in total. The van der Waals surface area contributed by atoms with E-state index in [0.717, 1.165) is 30.4 Å². The second-order valence-corrected chi connectivity index (χ2v) is 8.31. The minimum Gasteiger partial charge on any atom is -0.396 e. The van der Waals surface area contributed by atoms with Crippen molar-refractivity contribution in [3.63, 3.8) is 0 Å². The zero-order chi connectivity index (χ0) is 20.6. The van der Waals surface area contributed by atoms with Gasteiger partial charge in [-0.25, -0.2) is 4.98 Å². The van der Waals surface area contributed by atoms with Gasteiger partial charge in [-0.15, -0.1) is 10.2 Å². The number of pyridine rings is 1. The van der Waals surface area contributed by atoms with Crippen LogP contribution in [-0.2, 0) is 6.18 Å². The van der Waals surface area contributed by atoms with Gasteiger partial charge >= 0.3 is 6.18 Å². The van der Waals surface area contributed by atoms with Crippen LogP contribution in [0, 0.1) is 6.92 Å². The first kappa shape index (κ1) is 20.0. The summed E-state index contributed by atoms with van der Waals surface area (Å²) in [6.07, 6.45) is -1.12. The molecular formula is C20H21F3N4OS. The topological polar surface area (TPSA) is 70.9 Å². The van der Waals surface area contributed by atoms with Crippen molar-refractivity contribution in [3.8, 4) is 10.7 Å². The van der Waals surface area contributed by atoms with Gasteiger partial charge in [-0.1, -0.05) is 11.3 Å². The Morgan fingerprint density at radius 3 is 2.66 bits per heavy atom. The molecule has 0 unspecified atom stereocenters. The number of hydrogen-bond acceptors (Lipinski definition) is 6. The summed E-state index contributed by atoms with van der Waals surface area (Å²) in [5.74, 6) is 0.224. The molecular weight excluding hydrogens is 401 g/mol. The van der Waals surface area contributed by atoms with Crippen LogP contribution in [0.4, 0.5) is 18.3 Å². The number of aliphatic hydroxyl groups is 1. The number of alkyl halides is 3. The first-order chi connectivity index (χ1) is 13.9. The molecule has 2 heterocycles. The lowest BCUT2D eigenvalue weighted by Gasteiger charge is -2.14. The van der Waals surface area contributed by atoms with Gasteiger partial charge in [0.1, 0.15) is 5.69 Å². The molecule has 29 heavy (non-hydrogen) atoms. The van der Waals surface area contributed by atoms with Crippen LogP contribution in [0.2, 0.25) is 0 Å². The maximum absolute atomic E-state index is 13.8. The fourth-order valence-corrected chi connectivity index (χ4v) is 4.05. The minimum absolute atomic E-state index is 0.0374. The lowest BCUT2D eigenvalue weighted by molar-refractivity contribution is -0.136. The van der Waals surface area contributed by atoms with Crippen LogP contribution in [0.25, 0.3) is 21.6 Å². The normalized spacial score (nSPS) is 14.5. The van der Waals surface area contributed by atoms with Gasteiger partial charge in [0.15, 0.2) is 5.01 Å². The lowest BCUT2D eigenvalue weighted by atomic mass is 9.98. The summed E-state index contributed by atoms with van der Waals surface area (Å²) >= 11 is 1.25. The first-order valence-electron chi connectivity index (χ1n) is 9.58. The molecule has 0 bridgehead atoms. The molecule has 0 radical (unpaired) electrons. The monoisotopic (exact) mass is 422 g/mol. The van der Waals surface area contributed by atoms with Gasteiger partial charge in [0, 0.05) is 18.5 Å². The van der Waals surface area contributed by atoms with Crippen LogP contribution in [0.1, 0.15) is 48.3 Å². The molecule has 9 heteroatoms. The van der Waals surface area contributed by atoms with Crippen LogP contribution in [0.5, 0.6) is 0 Å². The van der Waals surface area contributed by atoms with Crippen molar-refractivity contribution in [3.05, 3.63) is 34.9 Å². The Labute approximate surface area is 170 Å². The number of anilines is 1. The van der Waals surface area contributed by atoms with E-state index < -0.39 is 11.7 Å². The Kier molecular flexibility index (Phi) is 5.44. The molecule has 1 aliphatic carbocycles. The van der Waals surface area contributed by atoms with Gasteiger partial charge in [-0.3, -0.25) is 0 Å². The largest absolute Gasteiger partial charge is 0.418 e. The van der Waals surface area contributed by atoms with Crippen LogP contribution >= 0.6 is 11.3 Å². The Balaban J connectivity index is 1.71. The molecule has 2 aromatic heterocycles. The number of aryl methyl sites for hydroxylation is 1. The number of unbranched alkanes of at least 4 members (excludes halogenated alkanes) is 1. The third-order valence-electron chi connectivity index (χ3n) is 5.00. The molecule has 0 amide bonds. The molecule has 4 rings (SSSR count). The highest BCUT2D eigenvalue weighted by Gasteiger charge is 2.36. The third-order valence-corrected chi connectivity index (χ3v) is 5.91. The Hall–Kier alpha value is -2.26. The summed E-state index contributed by atoms with van der Waals surface area (Å²) in [5.41, 5.74) is 1.15. The van der Waals surface area contributed by atoms with E-state index in [1.807, 2.05) is 6.07 Å². The average molecular weight is 422 g/mol. The smallest absolute Gasteiger partial charge is 0.396 e. The Morgan fingerprint density at radius 1 is 1.17 bits per heavy atom. The van der Waals surface area contributed by atoms with Crippen molar-refractivity contribution >= 4 is 27.4 Å². The molecule has 0 spiro atoms. The molecule has 1 aliphatic rings. The van der Waals surface area contributed by atoms with Gasteiger partial charge in [-0.2, -0.15) is 13.2 Å². The van der Waals surface area contributed by atoms with Crippen molar-refractivity contribution in [2.75, 3.05) is 18.5 Å². The van der Waals surface area contributed by atoms with Gasteiger partial charge in [0.05, 0.1) is 11.1 Å². The fourth-order valence-electron chi connectivity index (χ4n) is 3.32. The second-order valence-electron chi connectivity index (χ2n) is 7.33. The van der Waals surface area contributed by atoms with E-state index in [4.69, 9.17) is 5.11 Å².